The van der Waals surface area contributed by atoms with Crippen LogP contribution in [0.2, 0.25) is 0 Å². The smallest absolute Gasteiger partial charge is 0.335 e. The zero-order valence-corrected chi connectivity index (χ0v) is 12.1. The molecule has 0 amide bonds. The van der Waals surface area contributed by atoms with E-state index in [1.807, 2.05) is 18.3 Å². The number of fused-ring (bicyclic) bond motifs is 1. The van der Waals surface area contributed by atoms with Gasteiger partial charge in [0.05, 0.1) is 5.56 Å². The Morgan fingerprint density at radius 2 is 1.76 bits per heavy atom. The topological polar surface area (TPSA) is 42.2 Å². The van der Waals surface area contributed by atoms with Gasteiger partial charge in [-0.2, -0.15) is 0 Å². The average Bonchev–Trinajstić information content (AvgIpc) is 2.80. The SMILES string of the molecule is Cc1cc(C)cc(Cn2ccc3cc(C(=O)O)ccc32)c1. The number of aromatic carboxylic acids is 1. The van der Waals surface area contributed by atoms with E-state index in [4.69, 9.17) is 5.11 Å². The van der Waals surface area contributed by atoms with Gasteiger partial charge in [-0.05, 0) is 43.7 Å². The summed E-state index contributed by atoms with van der Waals surface area (Å²) in [7, 11) is 0. The lowest BCUT2D eigenvalue weighted by Gasteiger charge is -2.08. The molecule has 0 saturated heterocycles. The molecule has 21 heavy (non-hydrogen) atoms. The normalized spacial score (nSPS) is 11.0. The van der Waals surface area contributed by atoms with Crippen molar-refractivity contribution in [2.75, 3.05) is 0 Å². The van der Waals surface area contributed by atoms with E-state index in [2.05, 4.69) is 36.6 Å². The fourth-order valence-electron chi connectivity index (χ4n) is 2.83. The number of aryl methyl sites for hydroxylation is 2. The molecule has 0 fully saturated rings. The van der Waals surface area contributed by atoms with E-state index in [-0.39, 0.29) is 0 Å². The summed E-state index contributed by atoms with van der Waals surface area (Å²) in [4.78, 5) is 11.0. The summed E-state index contributed by atoms with van der Waals surface area (Å²) in [5, 5.41) is 10.00. The second-order valence-corrected chi connectivity index (χ2v) is 5.52. The van der Waals surface area contributed by atoms with Crippen molar-refractivity contribution in [3.63, 3.8) is 0 Å². The lowest BCUT2D eigenvalue weighted by molar-refractivity contribution is 0.0697. The standard InChI is InChI=1S/C18H17NO2/c1-12-7-13(2)9-14(8-12)11-19-6-5-15-10-16(18(20)21)3-4-17(15)19/h3-10H,11H2,1-2H3,(H,20,21). The Bertz CT molecular complexity index is 810. The van der Waals surface area contributed by atoms with Crippen LogP contribution < -0.4 is 0 Å². The summed E-state index contributed by atoms with van der Waals surface area (Å²) in [6.45, 7) is 4.99. The number of hydrogen-bond donors (Lipinski definition) is 1. The Balaban J connectivity index is 1.99. The van der Waals surface area contributed by atoms with Crippen LogP contribution in [0.5, 0.6) is 0 Å². The molecule has 0 bridgehead atoms. The zero-order chi connectivity index (χ0) is 15.0. The summed E-state index contributed by atoms with van der Waals surface area (Å²) in [5.74, 6) is -0.890. The first-order chi connectivity index (χ1) is 10.0. The van der Waals surface area contributed by atoms with Crippen molar-refractivity contribution in [1.29, 1.82) is 0 Å². The molecule has 1 aromatic heterocycles. The average molecular weight is 279 g/mol. The summed E-state index contributed by atoms with van der Waals surface area (Å²) in [5.41, 5.74) is 5.15. The van der Waals surface area contributed by atoms with Gasteiger partial charge in [0.15, 0.2) is 0 Å². The van der Waals surface area contributed by atoms with E-state index in [0.717, 1.165) is 17.4 Å². The summed E-state index contributed by atoms with van der Waals surface area (Å²) < 4.78 is 2.15. The number of nitrogens with zero attached hydrogens (tertiary/aromatic N) is 1. The molecule has 3 heteroatoms. The Morgan fingerprint density at radius 3 is 2.43 bits per heavy atom. The first-order valence-corrected chi connectivity index (χ1v) is 6.92. The zero-order valence-electron chi connectivity index (χ0n) is 12.1. The minimum absolute atomic E-state index is 0.326. The number of carbonyl (C=O) groups is 1. The third kappa shape index (κ3) is 2.68. The second-order valence-electron chi connectivity index (χ2n) is 5.52. The molecular weight excluding hydrogens is 262 g/mol. The molecule has 2 aromatic carbocycles. The first kappa shape index (κ1) is 13.4. The van der Waals surface area contributed by atoms with Crippen molar-refractivity contribution in [3.8, 4) is 0 Å². The molecule has 0 atom stereocenters. The number of aromatic nitrogens is 1. The van der Waals surface area contributed by atoms with Gasteiger partial charge in [-0.15, -0.1) is 0 Å². The molecule has 0 aliphatic heterocycles. The van der Waals surface area contributed by atoms with Crippen LogP contribution in [-0.2, 0) is 6.54 Å². The highest BCUT2D eigenvalue weighted by atomic mass is 16.4. The molecule has 0 radical (unpaired) electrons. The number of benzene rings is 2. The molecule has 3 rings (SSSR count). The van der Waals surface area contributed by atoms with Gasteiger partial charge in [0.25, 0.3) is 0 Å². The molecule has 3 aromatic rings. The van der Waals surface area contributed by atoms with Gasteiger partial charge in [0.1, 0.15) is 0 Å². The van der Waals surface area contributed by atoms with Crippen LogP contribution in [0.15, 0.2) is 48.7 Å². The highest BCUT2D eigenvalue weighted by Crippen LogP contribution is 2.20. The van der Waals surface area contributed by atoms with Crippen molar-refractivity contribution >= 4 is 16.9 Å². The van der Waals surface area contributed by atoms with E-state index < -0.39 is 5.97 Å². The highest BCUT2D eigenvalue weighted by Gasteiger charge is 2.07. The van der Waals surface area contributed by atoms with Gasteiger partial charge < -0.3 is 9.67 Å². The quantitative estimate of drug-likeness (QED) is 0.787. The maximum absolute atomic E-state index is 11.0. The number of carboxylic acids is 1. The van der Waals surface area contributed by atoms with E-state index in [9.17, 15) is 4.79 Å². The predicted molar refractivity (Wildman–Crippen MR) is 83.9 cm³/mol. The number of hydrogen-bond acceptors (Lipinski definition) is 1. The Labute approximate surface area is 123 Å². The van der Waals surface area contributed by atoms with Gasteiger partial charge >= 0.3 is 5.97 Å². The van der Waals surface area contributed by atoms with Crippen LogP contribution in [0, 0.1) is 13.8 Å². The summed E-state index contributed by atoms with van der Waals surface area (Å²) in [6.07, 6.45) is 2.01. The highest BCUT2D eigenvalue weighted by molar-refractivity contribution is 5.93. The number of carboxylic acid groups (broad SMARTS) is 1. The maximum atomic E-state index is 11.0. The van der Waals surface area contributed by atoms with Crippen molar-refractivity contribution in [3.05, 3.63) is 70.9 Å². The molecule has 3 nitrogen and oxygen atoms in total. The van der Waals surface area contributed by atoms with Crippen molar-refractivity contribution in [1.82, 2.24) is 4.57 Å². The van der Waals surface area contributed by atoms with Crippen molar-refractivity contribution < 1.29 is 9.90 Å². The van der Waals surface area contributed by atoms with E-state index in [0.29, 0.717) is 5.56 Å². The van der Waals surface area contributed by atoms with Crippen molar-refractivity contribution in [2.24, 2.45) is 0 Å². The van der Waals surface area contributed by atoms with Crippen LogP contribution in [0.1, 0.15) is 27.0 Å². The van der Waals surface area contributed by atoms with Gasteiger partial charge in [0, 0.05) is 23.6 Å². The van der Waals surface area contributed by atoms with E-state index in [1.165, 1.54) is 16.7 Å². The van der Waals surface area contributed by atoms with Gasteiger partial charge in [0.2, 0.25) is 0 Å². The molecule has 0 aliphatic carbocycles. The molecule has 0 unspecified atom stereocenters. The van der Waals surface area contributed by atoms with Crippen LogP contribution in [0.4, 0.5) is 0 Å². The second kappa shape index (κ2) is 5.09. The fraction of sp³-hybridized carbons (Fsp3) is 0.167. The largest absolute Gasteiger partial charge is 0.478 e. The van der Waals surface area contributed by atoms with Crippen LogP contribution in [0.25, 0.3) is 10.9 Å². The van der Waals surface area contributed by atoms with Gasteiger partial charge in [-0.3, -0.25) is 0 Å². The Hall–Kier alpha value is -2.55. The van der Waals surface area contributed by atoms with Crippen molar-refractivity contribution in [2.45, 2.75) is 20.4 Å². The minimum atomic E-state index is -0.890. The van der Waals surface area contributed by atoms with Gasteiger partial charge in [-0.1, -0.05) is 29.3 Å². The van der Waals surface area contributed by atoms with Crippen LogP contribution >= 0.6 is 0 Å². The molecule has 106 valence electrons. The predicted octanol–water partition coefficient (Wildman–Crippen LogP) is 4.00. The van der Waals surface area contributed by atoms with E-state index in [1.54, 1.807) is 12.1 Å². The molecular formula is C18H17NO2. The lowest BCUT2D eigenvalue weighted by Crippen LogP contribution is -2.00. The molecule has 0 aliphatic rings. The number of rotatable bonds is 3. The maximum Gasteiger partial charge on any atom is 0.335 e. The summed E-state index contributed by atoms with van der Waals surface area (Å²) >= 11 is 0. The van der Waals surface area contributed by atoms with Crippen LogP contribution in [-0.4, -0.2) is 15.6 Å². The van der Waals surface area contributed by atoms with E-state index >= 15 is 0 Å². The minimum Gasteiger partial charge on any atom is -0.478 e. The monoisotopic (exact) mass is 279 g/mol. The molecule has 1 N–H and O–H groups in total. The molecule has 1 heterocycles. The molecule has 0 spiro atoms. The first-order valence-electron chi connectivity index (χ1n) is 6.92. The van der Waals surface area contributed by atoms with Crippen LogP contribution in [0.3, 0.4) is 0 Å². The Kier molecular flexibility index (Phi) is 3.26. The fourth-order valence-corrected chi connectivity index (χ4v) is 2.83. The Morgan fingerprint density at radius 1 is 1.05 bits per heavy atom. The molecule has 0 saturated carbocycles. The lowest BCUT2D eigenvalue weighted by atomic mass is 10.1. The third-order valence-corrected chi connectivity index (χ3v) is 3.65. The third-order valence-electron chi connectivity index (χ3n) is 3.65. The van der Waals surface area contributed by atoms with Gasteiger partial charge in [-0.25, -0.2) is 4.79 Å². The summed E-state index contributed by atoms with van der Waals surface area (Å²) in [6, 6.07) is 13.7.